The number of carbonyl (C=O) groups excluding carboxylic acids is 1. The predicted molar refractivity (Wildman–Crippen MR) is 49.5 cm³/mol. The van der Waals surface area contributed by atoms with Gasteiger partial charge in [-0.05, 0) is 18.2 Å². The fourth-order valence-electron chi connectivity index (χ4n) is 0.705. The summed E-state index contributed by atoms with van der Waals surface area (Å²) in [6.45, 7) is 3.29. The molecule has 0 atom stereocenters. The van der Waals surface area contributed by atoms with Gasteiger partial charge in [-0.2, -0.15) is 0 Å². The molecule has 62 valence electrons. The number of hydrogen-bond acceptors (Lipinski definition) is 3. The Hall–Kier alpha value is -1.22. The van der Waals surface area contributed by atoms with Crippen molar-refractivity contribution < 1.29 is 9.53 Å². The number of thiol groups is 1. The second-order valence-electron chi connectivity index (χ2n) is 2.12. The predicted octanol–water partition coefficient (Wildman–Crippen LogP) is 2.07. The summed E-state index contributed by atoms with van der Waals surface area (Å²) in [6, 6.07) is 6.90. The molecule has 0 fully saturated rings. The number of hydrogen-bond donors (Lipinski definition) is 1. The summed E-state index contributed by atoms with van der Waals surface area (Å²) in [5.74, 6) is 0.0151. The van der Waals surface area contributed by atoms with Crippen molar-refractivity contribution in [3.8, 4) is 5.75 Å². The van der Waals surface area contributed by atoms with Crippen LogP contribution in [-0.2, 0) is 4.79 Å². The van der Waals surface area contributed by atoms with E-state index in [2.05, 4.69) is 19.2 Å². The lowest BCUT2D eigenvalue weighted by atomic mass is 10.3. The molecule has 0 radical (unpaired) electrons. The van der Waals surface area contributed by atoms with Gasteiger partial charge in [-0.1, -0.05) is 12.6 Å². The zero-order valence-electron chi connectivity index (χ0n) is 6.36. The number of carbonyl (C=O) groups is 1. The van der Waals surface area contributed by atoms with Crippen LogP contribution in [0.15, 0.2) is 41.8 Å². The van der Waals surface area contributed by atoms with Crippen molar-refractivity contribution in [1.29, 1.82) is 0 Å². The second-order valence-corrected chi connectivity index (χ2v) is 2.64. The second kappa shape index (κ2) is 3.97. The van der Waals surface area contributed by atoms with E-state index in [1.807, 2.05) is 0 Å². The summed E-state index contributed by atoms with van der Waals surface area (Å²) in [4.78, 5) is 11.5. The maximum absolute atomic E-state index is 10.7. The molecule has 0 aliphatic carbocycles. The van der Waals surface area contributed by atoms with Crippen molar-refractivity contribution in [2.75, 3.05) is 0 Å². The highest BCUT2D eigenvalue weighted by Gasteiger charge is 1.98. The standard InChI is InChI=1S/C9H8O2S/c1-2-9(10)11-7-4-3-5-8(12)6-7/h2-6,12H,1H2. The normalized spacial score (nSPS) is 9.08. The molecule has 12 heavy (non-hydrogen) atoms. The molecule has 0 saturated heterocycles. The third-order valence-corrected chi connectivity index (χ3v) is 1.48. The van der Waals surface area contributed by atoms with Crippen LogP contribution in [0.5, 0.6) is 5.75 Å². The molecule has 0 bridgehead atoms. The summed E-state index contributed by atoms with van der Waals surface area (Å²) >= 11 is 4.09. The molecule has 0 heterocycles. The van der Waals surface area contributed by atoms with Crippen LogP contribution in [-0.4, -0.2) is 5.97 Å². The minimum atomic E-state index is -0.464. The first-order valence-corrected chi connectivity index (χ1v) is 3.80. The maximum atomic E-state index is 10.7. The SMILES string of the molecule is C=CC(=O)Oc1cccc(S)c1. The molecule has 3 heteroatoms. The van der Waals surface area contributed by atoms with Crippen molar-refractivity contribution in [3.63, 3.8) is 0 Å². The molecule has 0 N–H and O–H groups in total. The first-order chi connectivity index (χ1) is 5.72. The van der Waals surface area contributed by atoms with Gasteiger partial charge < -0.3 is 4.74 Å². The monoisotopic (exact) mass is 180 g/mol. The minimum absolute atomic E-state index is 0.464. The lowest BCUT2D eigenvalue weighted by molar-refractivity contribution is -0.128. The molecule has 1 aromatic carbocycles. The van der Waals surface area contributed by atoms with E-state index < -0.39 is 5.97 Å². The van der Waals surface area contributed by atoms with Gasteiger partial charge in [-0.25, -0.2) is 4.79 Å². The summed E-state index contributed by atoms with van der Waals surface area (Å²) in [6.07, 6.45) is 1.12. The van der Waals surface area contributed by atoms with Gasteiger partial charge in [0.2, 0.25) is 0 Å². The van der Waals surface area contributed by atoms with Crippen molar-refractivity contribution in [1.82, 2.24) is 0 Å². The molecule has 0 aliphatic heterocycles. The number of rotatable bonds is 2. The molecule has 0 amide bonds. The van der Waals surface area contributed by atoms with Crippen molar-refractivity contribution >= 4 is 18.6 Å². The average molecular weight is 180 g/mol. The Balaban J connectivity index is 2.76. The maximum Gasteiger partial charge on any atom is 0.335 e. The summed E-state index contributed by atoms with van der Waals surface area (Å²) < 4.78 is 4.84. The molecule has 1 aromatic rings. The molecule has 0 aromatic heterocycles. The largest absolute Gasteiger partial charge is 0.423 e. The van der Waals surface area contributed by atoms with Crippen molar-refractivity contribution in [2.45, 2.75) is 4.90 Å². The highest BCUT2D eigenvalue weighted by molar-refractivity contribution is 7.80. The van der Waals surface area contributed by atoms with E-state index in [0.717, 1.165) is 11.0 Å². The first-order valence-electron chi connectivity index (χ1n) is 3.35. The Bertz CT molecular complexity index is 307. The highest BCUT2D eigenvalue weighted by Crippen LogP contribution is 2.15. The van der Waals surface area contributed by atoms with Gasteiger partial charge in [0.05, 0.1) is 0 Å². The number of ether oxygens (including phenoxy) is 1. The Morgan fingerprint density at radius 2 is 2.33 bits per heavy atom. The van der Waals surface area contributed by atoms with Gasteiger partial charge in [0.25, 0.3) is 0 Å². The third kappa shape index (κ3) is 2.43. The average Bonchev–Trinajstić information content (AvgIpc) is 2.04. The van der Waals surface area contributed by atoms with Gasteiger partial charge in [-0.15, -0.1) is 12.6 Å². The van der Waals surface area contributed by atoms with Gasteiger partial charge in [0.1, 0.15) is 5.75 Å². The van der Waals surface area contributed by atoms with Gasteiger partial charge in [0, 0.05) is 11.0 Å². The minimum Gasteiger partial charge on any atom is -0.423 e. The van der Waals surface area contributed by atoms with E-state index in [0.29, 0.717) is 5.75 Å². The van der Waals surface area contributed by atoms with Crippen LogP contribution >= 0.6 is 12.6 Å². The van der Waals surface area contributed by atoms with Crippen LogP contribution in [0, 0.1) is 0 Å². The lowest BCUT2D eigenvalue weighted by Gasteiger charge is -2.00. The quantitative estimate of drug-likeness (QED) is 0.326. The van der Waals surface area contributed by atoms with Crippen LogP contribution in [0.4, 0.5) is 0 Å². The van der Waals surface area contributed by atoms with Crippen molar-refractivity contribution in [2.24, 2.45) is 0 Å². The van der Waals surface area contributed by atoms with Crippen LogP contribution in [0.3, 0.4) is 0 Å². The Kier molecular flexibility index (Phi) is 2.94. The molecule has 0 aliphatic rings. The third-order valence-electron chi connectivity index (χ3n) is 1.20. The fraction of sp³-hybridized carbons (Fsp3) is 0. The van der Waals surface area contributed by atoms with E-state index >= 15 is 0 Å². The molecule has 0 saturated carbocycles. The van der Waals surface area contributed by atoms with E-state index in [4.69, 9.17) is 4.74 Å². The van der Waals surface area contributed by atoms with E-state index in [1.165, 1.54) is 0 Å². The molecule has 0 spiro atoms. The summed E-state index contributed by atoms with van der Waals surface area (Å²) in [7, 11) is 0. The summed E-state index contributed by atoms with van der Waals surface area (Å²) in [5.41, 5.74) is 0. The van der Waals surface area contributed by atoms with Gasteiger partial charge in [0.15, 0.2) is 0 Å². The van der Waals surface area contributed by atoms with Crippen molar-refractivity contribution in [3.05, 3.63) is 36.9 Å². The van der Waals surface area contributed by atoms with Crippen LogP contribution in [0.2, 0.25) is 0 Å². The van der Waals surface area contributed by atoms with E-state index in [9.17, 15) is 4.79 Å². The Labute approximate surface area is 76.3 Å². The zero-order valence-corrected chi connectivity index (χ0v) is 7.25. The zero-order chi connectivity index (χ0) is 8.97. The van der Waals surface area contributed by atoms with E-state index in [1.54, 1.807) is 24.3 Å². The molecule has 0 unspecified atom stereocenters. The van der Waals surface area contributed by atoms with Crippen LogP contribution in [0.1, 0.15) is 0 Å². The topological polar surface area (TPSA) is 26.3 Å². The number of benzene rings is 1. The van der Waals surface area contributed by atoms with E-state index in [-0.39, 0.29) is 0 Å². The highest BCUT2D eigenvalue weighted by atomic mass is 32.1. The van der Waals surface area contributed by atoms with Gasteiger partial charge >= 0.3 is 5.97 Å². The molecule has 2 nitrogen and oxygen atoms in total. The molecular formula is C9H8O2S. The number of esters is 1. The van der Waals surface area contributed by atoms with Crippen LogP contribution < -0.4 is 4.74 Å². The Morgan fingerprint density at radius 1 is 1.58 bits per heavy atom. The van der Waals surface area contributed by atoms with Gasteiger partial charge in [-0.3, -0.25) is 0 Å². The summed E-state index contributed by atoms with van der Waals surface area (Å²) in [5, 5.41) is 0. The first kappa shape index (κ1) is 8.87. The Morgan fingerprint density at radius 3 is 2.92 bits per heavy atom. The lowest BCUT2D eigenvalue weighted by Crippen LogP contribution is -2.02. The smallest absolute Gasteiger partial charge is 0.335 e. The molecule has 1 rings (SSSR count). The fourth-order valence-corrected chi connectivity index (χ4v) is 0.918. The molecular weight excluding hydrogens is 172 g/mol. The van der Waals surface area contributed by atoms with Crippen LogP contribution in [0.25, 0.3) is 0 Å².